The quantitative estimate of drug-likeness (QED) is 0.842. The zero-order valence-corrected chi connectivity index (χ0v) is 12.9. The molecule has 0 bridgehead atoms. The average molecular weight is 334 g/mol. The van der Waals surface area contributed by atoms with Crippen molar-refractivity contribution in [2.75, 3.05) is 11.1 Å². The van der Waals surface area contributed by atoms with Crippen molar-refractivity contribution in [2.45, 2.75) is 25.8 Å². The van der Waals surface area contributed by atoms with Crippen LogP contribution in [-0.2, 0) is 0 Å². The Hall–Kier alpha value is -0.190. The molecule has 1 N–H and O–H groups in total. The van der Waals surface area contributed by atoms with Gasteiger partial charge in [0.2, 0.25) is 0 Å². The number of nitrogens with zero attached hydrogens (tertiary/aromatic N) is 1. The summed E-state index contributed by atoms with van der Waals surface area (Å²) >= 11 is 11.1. The van der Waals surface area contributed by atoms with E-state index >= 15 is 0 Å². The third kappa shape index (κ3) is 3.18. The summed E-state index contributed by atoms with van der Waals surface area (Å²) in [7, 11) is 0. The van der Waals surface area contributed by atoms with Gasteiger partial charge in [-0.15, -0.1) is 0 Å². The van der Waals surface area contributed by atoms with E-state index in [4.69, 9.17) is 16.6 Å². The van der Waals surface area contributed by atoms with Crippen molar-refractivity contribution in [2.24, 2.45) is 4.99 Å². The van der Waals surface area contributed by atoms with Gasteiger partial charge in [-0.3, -0.25) is 4.99 Å². The molecule has 1 aliphatic heterocycles. The third-order valence-electron chi connectivity index (χ3n) is 2.82. The van der Waals surface area contributed by atoms with E-state index in [0.29, 0.717) is 0 Å². The molecule has 0 aromatic heterocycles. The Kier molecular flexibility index (Phi) is 4.06. The Bertz CT molecular complexity index is 464. The Morgan fingerprint density at radius 2 is 2.35 bits per heavy atom. The van der Waals surface area contributed by atoms with Crippen LogP contribution in [-0.4, -0.2) is 16.5 Å². The van der Waals surface area contributed by atoms with Crippen LogP contribution in [0.1, 0.15) is 20.3 Å². The summed E-state index contributed by atoms with van der Waals surface area (Å²) in [6.07, 6.45) is 1.06. The molecule has 2 nitrogen and oxygen atoms in total. The van der Waals surface area contributed by atoms with Crippen molar-refractivity contribution >= 4 is 50.1 Å². The van der Waals surface area contributed by atoms with Crippen molar-refractivity contribution in [3.8, 4) is 0 Å². The molecule has 1 unspecified atom stereocenters. The predicted molar refractivity (Wildman–Crippen MR) is 81.4 cm³/mol. The number of halogens is 2. The number of amidine groups is 1. The van der Waals surface area contributed by atoms with E-state index in [2.05, 4.69) is 35.1 Å². The fraction of sp³-hybridized carbons (Fsp3) is 0.417. The van der Waals surface area contributed by atoms with Crippen LogP contribution in [0.4, 0.5) is 5.69 Å². The van der Waals surface area contributed by atoms with Gasteiger partial charge in [0.15, 0.2) is 5.17 Å². The fourth-order valence-electron chi connectivity index (χ4n) is 1.48. The lowest BCUT2D eigenvalue weighted by Gasteiger charge is -2.15. The number of thioether (sulfide) groups is 1. The molecule has 0 fully saturated rings. The maximum Gasteiger partial charge on any atom is 0.161 e. The molecule has 0 saturated carbocycles. The molecule has 1 aromatic rings. The summed E-state index contributed by atoms with van der Waals surface area (Å²) in [4.78, 5) is 4.71. The Balaban J connectivity index is 2.12. The van der Waals surface area contributed by atoms with Crippen molar-refractivity contribution in [3.63, 3.8) is 0 Å². The van der Waals surface area contributed by atoms with E-state index in [1.807, 2.05) is 18.2 Å². The highest BCUT2D eigenvalue weighted by Crippen LogP contribution is 2.32. The summed E-state index contributed by atoms with van der Waals surface area (Å²) in [6, 6.07) is 5.79. The lowest BCUT2D eigenvalue weighted by molar-refractivity contribution is 0.523. The van der Waals surface area contributed by atoms with Gasteiger partial charge in [0, 0.05) is 15.9 Å². The topological polar surface area (TPSA) is 24.4 Å². The van der Waals surface area contributed by atoms with Gasteiger partial charge in [-0.25, -0.2) is 0 Å². The molecule has 0 spiro atoms. The summed E-state index contributed by atoms with van der Waals surface area (Å²) in [6.45, 7) is 4.36. The molecule has 1 atom stereocenters. The van der Waals surface area contributed by atoms with Crippen molar-refractivity contribution < 1.29 is 0 Å². The number of anilines is 1. The Labute approximate surface area is 119 Å². The summed E-state index contributed by atoms with van der Waals surface area (Å²) in [5.74, 6) is 1.04. The molecule has 0 saturated heterocycles. The maximum atomic E-state index is 5.95. The highest BCUT2D eigenvalue weighted by Gasteiger charge is 2.28. The molecule has 1 aliphatic rings. The zero-order chi connectivity index (χ0) is 12.5. The first-order valence-electron chi connectivity index (χ1n) is 5.47. The average Bonchev–Trinajstić information content (AvgIpc) is 2.67. The monoisotopic (exact) mass is 332 g/mol. The first-order chi connectivity index (χ1) is 8.02. The van der Waals surface area contributed by atoms with Gasteiger partial charge in [-0.05, 0) is 47.5 Å². The predicted octanol–water partition coefficient (Wildman–Crippen LogP) is 4.79. The van der Waals surface area contributed by atoms with Crippen LogP contribution >= 0.6 is 39.3 Å². The van der Waals surface area contributed by atoms with Crippen LogP contribution in [0.15, 0.2) is 27.7 Å². The Morgan fingerprint density at radius 3 is 2.94 bits per heavy atom. The van der Waals surface area contributed by atoms with E-state index in [1.165, 1.54) is 0 Å². The molecule has 1 heterocycles. The number of aliphatic imine (C=N–C) groups is 1. The largest absolute Gasteiger partial charge is 0.335 e. The molecule has 0 aliphatic carbocycles. The normalized spacial score (nSPS) is 23.6. The van der Waals surface area contributed by atoms with E-state index in [0.717, 1.165) is 32.5 Å². The van der Waals surface area contributed by atoms with Gasteiger partial charge in [-0.1, -0.05) is 30.3 Å². The number of hydrogen-bond donors (Lipinski definition) is 1. The van der Waals surface area contributed by atoms with E-state index < -0.39 is 0 Å². The summed E-state index contributed by atoms with van der Waals surface area (Å²) in [5, 5.41) is 5.03. The number of rotatable bonds is 2. The molecule has 17 heavy (non-hydrogen) atoms. The van der Waals surface area contributed by atoms with Gasteiger partial charge in [-0.2, -0.15) is 0 Å². The first-order valence-corrected chi connectivity index (χ1v) is 7.63. The second-order valence-corrected chi connectivity index (χ2v) is 6.54. The second kappa shape index (κ2) is 5.21. The van der Waals surface area contributed by atoms with Crippen LogP contribution in [0, 0.1) is 0 Å². The molecule has 2 rings (SSSR count). The van der Waals surface area contributed by atoms with Crippen molar-refractivity contribution in [1.82, 2.24) is 0 Å². The SMILES string of the molecule is CCC1(C)CSC(Nc2ccc(Cl)c(Br)c2)=N1. The Morgan fingerprint density at radius 1 is 1.59 bits per heavy atom. The van der Waals surface area contributed by atoms with Crippen molar-refractivity contribution in [1.29, 1.82) is 0 Å². The van der Waals surface area contributed by atoms with Gasteiger partial charge in [0.1, 0.15) is 0 Å². The molecular formula is C12H14BrClN2S. The number of benzene rings is 1. The van der Waals surface area contributed by atoms with Gasteiger partial charge >= 0.3 is 0 Å². The van der Waals surface area contributed by atoms with Crippen molar-refractivity contribution in [3.05, 3.63) is 27.7 Å². The van der Waals surface area contributed by atoms with Crippen LogP contribution < -0.4 is 5.32 Å². The number of hydrogen-bond acceptors (Lipinski definition) is 3. The molecule has 5 heteroatoms. The van der Waals surface area contributed by atoms with Crippen LogP contribution in [0.2, 0.25) is 5.02 Å². The second-order valence-electron chi connectivity index (χ2n) is 4.31. The first kappa shape index (κ1) is 13.2. The zero-order valence-electron chi connectivity index (χ0n) is 9.76. The van der Waals surface area contributed by atoms with Crippen LogP contribution in [0.25, 0.3) is 0 Å². The van der Waals surface area contributed by atoms with E-state index in [9.17, 15) is 0 Å². The fourth-order valence-corrected chi connectivity index (χ4v) is 3.16. The number of nitrogens with one attached hydrogen (secondary N) is 1. The van der Waals surface area contributed by atoms with Crippen LogP contribution in [0.5, 0.6) is 0 Å². The molecule has 92 valence electrons. The molecule has 1 aromatic carbocycles. The van der Waals surface area contributed by atoms with E-state index in [-0.39, 0.29) is 5.54 Å². The molecular weight excluding hydrogens is 320 g/mol. The lowest BCUT2D eigenvalue weighted by atomic mass is 10.0. The van der Waals surface area contributed by atoms with Gasteiger partial charge < -0.3 is 5.32 Å². The molecule has 0 radical (unpaired) electrons. The standard InChI is InChI=1S/C12H14BrClN2S/c1-3-12(2)7-17-11(16-12)15-8-4-5-10(14)9(13)6-8/h4-6H,3,7H2,1-2H3,(H,15,16). The summed E-state index contributed by atoms with van der Waals surface area (Å²) < 4.78 is 0.894. The van der Waals surface area contributed by atoms with Gasteiger partial charge in [0.25, 0.3) is 0 Å². The maximum absolute atomic E-state index is 5.95. The van der Waals surface area contributed by atoms with Gasteiger partial charge in [0.05, 0.1) is 10.6 Å². The molecule has 0 amide bonds. The minimum atomic E-state index is 0.0800. The summed E-state index contributed by atoms with van der Waals surface area (Å²) in [5.41, 5.74) is 1.09. The van der Waals surface area contributed by atoms with E-state index in [1.54, 1.807) is 11.8 Å². The minimum absolute atomic E-state index is 0.0800. The smallest absolute Gasteiger partial charge is 0.161 e. The minimum Gasteiger partial charge on any atom is -0.335 e. The third-order valence-corrected chi connectivity index (χ3v) is 5.27. The highest BCUT2D eigenvalue weighted by molar-refractivity contribution is 9.10. The lowest BCUT2D eigenvalue weighted by Crippen LogP contribution is -2.20. The highest BCUT2D eigenvalue weighted by atomic mass is 79.9. The van der Waals surface area contributed by atoms with Crippen LogP contribution in [0.3, 0.4) is 0 Å².